The van der Waals surface area contributed by atoms with Crippen molar-refractivity contribution in [2.24, 2.45) is 5.92 Å². The summed E-state index contributed by atoms with van der Waals surface area (Å²) in [7, 11) is -3.67. The van der Waals surface area contributed by atoms with Crippen molar-refractivity contribution < 1.29 is 13.3 Å². The van der Waals surface area contributed by atoms with Crippen LogP contribution < -0.4 is 10.5 Å². The number of nitrogens with two attached hydrogens (primary N) is 1. The average Bonchev–Trinajstić information content (AvgIpc) is 2.89. The topological polar surface area (TPSA) is 115 Å². The number of hydrogen-bond acceptors (Lipinski definition) is 6. The number of nitrogen functional groups attached to an aromatic ring is 1. The standard InChI is InChI=1S/C11H15N3O4S2/c12-10-5-9(1-2-11(10)14(15)16)20(17,18)13-6-8-3-4-19-7-8/h1-2,5,8,13H,3-4,6-7,12H2. The molecule has 9 heteroatoms. The van der Waals surface area contributed by atoms with E-state index in [4.69, 9.17) is 5.73 Å². The molecule has 1 aliphatic rings. The van der Waals surface area contributed by atoms with Crippen molar-refractivity contribution in [3.05, 3.63) is 28.3 Å². The molecule has 3 N–H and O–H groups in total. The van der Waals surface area contributed by atoms with Crippen molar-refractivity contribution in [2.45, 2.75) is 11.3 Å². The van der Waals surface area contributed by atoms with Gasteiger partial charge in [0.1, 0.15) is 5.69 Å². The van der Waals surface area contributed by atoms with Crippen LogP contribution in [0.4, 0.5) is 11.4 Å². The van der Waals surface area contributed by atoms with Crippen LogP contribution in [-0.4, -0.2) is 31.4 Å². The summed E-state index contributed by atoms with van der Waals surface area (Å²) in [5.74, 6) is 2.34. The van der Waals surface area contributed by atoms with Gasteiger partial charge in [-0.1, -0.05) is 0 Å². The fourth-order valence-electron chi connectivity index (χ4n) is 1.92. The maximum absolute atomic E-state index is 12.1. The van der Waals surface area contributed by atoms with Crippen LogP contribution in [0.3, 0.4) is 0 Å². The Bertz CT molecular complexity index is 612. The fourth-order valence-corrected chi connectivity index (χ4v) is 4.36. The zero-order valence-corrected chi connectivity index (χ0v) is 12.2. The molecule has 0 radical (unpaired) electrons. The number of sulfonamides is 1. The van der Waals surface area contributed by atoms with E-state index in [0.29, 0.717) is 12.5 Å². The van der Waals surface area contributed by atoms with Crippen LogP contribution in [0.1, 0.15) is 6.42 Å². The first-order valence-electron chi connectivity index (χ1n) is 6.01. The van der Waals surface area contributed by atoms with E-state index < -0.39 is 14.9 Å². The Kier molecular flexibility index (Phi) is 4.51. The molecule has 1 atom stereocenters. The van der Waals surface area contributed by atoms with Gasteiger partial charge in [0.05, 0.1) is 9.82 Å². The lowest BCUT2D eigenvalue weighted by atomic mass is 10.1. The quantitative estimate of drug-likeness (QED) is 0.479. The van der Waals surface area contributed by atoms with Gasteiger partial charge in [-0.15, -0.1) is 0 Å². The highest BCUT2D eigenvalue weighted by Gasteiger charge is 2.22. The molecule has 1 aromatic rings. The number of thioether (sulfide) groups is 1. The van der Waals surface area contributed by atoms with Gasteiger partial charge >= 0.3 is 0 Å². The van der Waals surface area contributed by atoms with Crippen LogP contribution in [-0.2, 0) is 10.0 Å². The van der Waals surface area contributed by atoms with Gasteiger partial charge in [0.2, 0.25) is 10.0 Å². The van der Waals surface area contributed by atoms with Crippen LogP contribution >= 0.6 is 11.8 Å². The number of benzene rings is 1. The number of hydrogen-bond donors (Lipinski definition) is 2. The van der Waals surface area contributed by atoms with Gasteiger partial charge in [-0.3, -0.25) is 10.1 Å². The second-order valence-corrected chi connectivity index (χ2v) is 7.48. The molecule has 1 fully saturated rings. The van der Waals surface area contributed by atoms with Crippen molar-refractivity contribution >= 4 is 33.2 Å². The Hall–Kier alpha value is -1.32. The molecule has 0 aromatic heterocycles. The monoisotopic (exact) mass is 317 g/mol. The van der Waals surface area contributed by atoms with E-state index in [1.807, 2.05) is 0 Å². The summed E-state index contributed by atoms with van der Waals surface area (Å²) in [6.07, 6.45) is 0.996. The zero-order valence-electron chi connectivity index (χ0n) is 10.6. The summed E-state index contributed by atoms with van der Waals surface area (Å²) >= 11 is 1.81. The summed E-state index contributed by atoms with van der Waals surface area (Å²) in [6.45, 7) is 0.381. The van der Waals surface area contributed by atoms with E-state index in [-0.39, 0.29) is 16.3 Å². The molecule has 2 rings (SSSR count). The SMILES string of the molecule is Nc1cc(S(=O)(=O)NCC2CCSC2)ccc1[N+](=O)[O-]. The molecule has 0 saturated carbocycles. The first-order chi connectivity index (χ1) is 9.40. The number of nitro groups is 1. The van der Waals surface area contributed by atoms with Crippen LogP contribution in [0.25, 0.3) is 0 Å². The van der Waals surface area contributed by atoms with Crippen molar-refractivity contribution in [3.63, 3.8) is 0 Å². The molecular formula is C11H15N3O4S2. The third kappa shape index (κ3) is 3.41. The van der Waals surface area contributed by atoms with Gasteiger partial charge in [0.15, 0.2) is 0 Å². The first-order valence-corrected chi connectivity index (χ1v) is 8.65. The Balaban J connectivity index is 2.12. The largest absolute Gasteiger partial charge is 0.393 e. The molecule has 0 bridgehead atoms. The van der Waals surface area contributed by atoms with Crippen molar-refractivity contribution in [3.8, 4) is 0 Å². The highest BCUT2D eigenvalue weighted by Crippen LogP contribution is 2.25. The predicted molar refractivity (Wildman–Crippen MR) is 78.1 cm³/mol. The Morgan fingerprint density at radius 2 is 2.25 bits per heavy atom. The van der Waals surface area contributed by atoms with Gasteiger partial charge in [-0.05, 0) is 36.0 Å². The van der Waals surface area contributed by atoms with Crippen LogP contribution in [0.15, 0.2) is 23.1 Å². The molecule has 0 spiro atoms. The van der Waals surface area contributed by atoms with E-state index in [9.17, 15) is 18.5 Å². The van der Waals surface area contributed by atoms with Crippen LogP contribution in [0.2, 0.25) is 0 Å². The molecule has 1 aliphatic heterocycles. The minimum Gasteiger partial charge on any atom is -0.393 e. The van der Waals surface area contributed by atoms with Crippen molar-refractivity contribution in [1.82, 2.24) is 4.72 Å². The van der Waals surface area contributed by atoms with Gasteiger partial charge in [-0.25, -0.2) is 13.1 Å². The van der Waals surface area contributed by atoms with Crippen LogP contribution in [0, 0.1) is 16.0 Å². The van der Waals surface area contributed by atoms with E-state index >= 15 is 0 Å². The molecule has 1 unspecified atom stereocenters. The molecular weight excluding hydrogens is 302 g/mol. The molecule has 110 valence electrons. The molecule has 1 saturated heterocycles. The number of nitrogens with zero attached hydrogens (tertiary/aromatic N) is 1. The number of rotatable bonds is 5. The lowest BCUT2D eigenvalue weighted by Gasteiger charge is -2.11. The van der Waals surface area contributed by atoms with Gasteiger partial charge in [0, 0.05) is 12.6 Å². The van der Waals surface area contributed by atoms with Gasteiger partial charge in [-0.2, -0.15) is 11.8 Å². The minimum atomic E-state index is -3.67. The Labute approximate surface area is 121 Å². The molecule has 0 aliphatic carbocycles. The van der Waals surface area contributed by atoms with E-state index in [0.717, 1.165) is 30.1 Å². The third-order valence-corrected chi connectivity index (χ3v) is 5.74. The second-order valence-electron chi connectivity index (χ2n) is 4.56. The zero-order chi connectivity index (χ0) is 14.8. The van der Waals surface area contributed by atoms with Gasteiger partial charge in [0.25, 0.3) is 5.69 Å². The number of anilines is 1. The second kappa shape index (κ2) is 5.98. The highest BCUT2D eigenvalue weighted by atomic mass is 32.2. The Morgan fingerprint density at radius 3 is 2.80 bits per heavy atom. The number of nitrogens with one attached hydrogen (secondary N) is 1. The summed E-state index contributed by atoms with van der Waals surface area (Å²) in [5.41, 5.74) is 5.05. The van der Waals surface area contributed by atoms with Crippen LogP contribution in [0.5, 0.6) is 0 Å². The summed E-state index contributed by atoms with van der Waals surface area (Å²) in [5, 5.41) is 10.6. The predicted octanol–water partition coefficient (Wildman–Crippen LogP) is 1.21. The lowest BCUT2D eigenvalue weighted by molar-refractivity contribution is -0.383. The molecule has 20 heavy (non-hydrogen) atoms. The minimum absolute atomic E-state index is 0.0498. The molecule has 1 aromatic carbocycles. The normalized spacial score (nSPS) is 19.1. The summed E-state index contributed by atoms with van der Waals surface area (Å²) < 4.78 is 26.7. The maximum Gasteiger partial charge on any atom is 0.292 e. The summed E-state index contributed by atoms with van der Waals surface area (Å²) in [6, 6.07) is 3.42. The average molecular weight is 317 g/mol. The van der Waals surface area contributed by atoms with E-state index in [2.05, 4.69) is 4.72 Å². The molecule has 7 nitrogen and oxygen atoms in total. The van der Waals surface area contributed by atoms with Crippen molar-refractivity contribution in [1.29, 1.82) is 0 Å². The summed E-state index contributed by atoms with van der Waals surface area (Å²) in [4.78, 5) is 9.95. The molecule has 0 amide bonds. The Morgan fingerprint density at radius 1 is 1.50 bits per heavy atom. The number of nitro benzene ring substituents is 1. The maximum atomic E-state index is 12.1. The molecule has 1 heterocycles. The van der Waals surface area contributed by atoms with E-state index in [1.165, 1.54) is 6.07 Å². The smallest absolute Gasteiger partial charge is 0.292 e. The van der Waals surface area contributed by atoms with Crippen molar-refractivity contribution in [2.75, 3.05) is 23.8 Å². The third-order valence-electron chi connectivity index (χ3n) is 3.09. The van der Waals surface area contributed by atoms with Gasteiger partial charge < -0.3 is 5.73 Å². The fraction of sp³-hybridized carbons (Fsp3) is 0.455. The first kappa shape index (κ1) is 15.1. The highest BCUT2D eigenvalue weighted by molar-refractivity contribution is 7.99. The lowest BCUT2D eigenvalue weighted by Crippen LogP contribution is -2.29. The van der Waals surface area contributed by atoms with E-state index in [1.54, 1.807) is 11.8 Å².